The van der Waals surface area contributed by atoms with Gasteiger partial charge in [0, 0.05) is 10.1 Å². The number of carbonyl (C=O) groups excluding carboxylic acids is 1. The molecule has 0 saturated heterocycles. The van der Waals surface area contributed by atoms with Crippen molar-refractivity contribution in [2.45, 2.75) is 6.92 Å². The molecule has 3 nitrogen and oxygen atoms in total. The van der Waals surface area contributed by atoms with Crippen molar-refractivity contribution in [2.24, 2.45) is 4.99 Å². The Morgan fingerprint density at radius 3 is 2.80 bits per heavy atom. The van der Waals surface area contributed by atoms with Gasteiger partial charge in [-0.1, -0.05) is 12.1 Å². The average molecular weight is 314 g/mol. The van der Waals surface area contributed by atoms with Crippen molar-refractivity contribution in [1.82, 2.24) is 4.90 Å². The third kappa shape index (κ3) is 2.04. The van der Waals surface area contributed by atoms with Crippen LogP contribution in [0.2, 0.25) is 0 Å². The van der Waals surface area contributed by atoms with Crippen LogP contribution >= 0.6 is 22.6 Å². The minimum atomic E-state index is 0.0544. The van der Waals surface area contributed by atoms with Crippen LogP contribution in [0, 0.1) is 3.57 Å². The van der Waals surface area contributed by atoms with E-state index in [9.17, 15) is 4.79 Å². The van der Waals surface area contributed by atoms with Crippen molar-refractivity contribution < 1.29 is 4.79 Å². The second-order valence-electron chi connectivity index (χ2n) is 3.37. The van der Waals surface area contributed by atoms with Gasteiger partial charge in [0.25, 0.3) is 5.91 Å². The van der Waals surface area contributed by atoms with Gasteiger partial charge < -0.3 is 0 Å². The summed E-state index contributed by atoms with van der Waals surface area (Å²) in [4.78, 5) is 18.1. The van der Waals surface area contributed by atoms with Crippen molar-refractivity contribution in [3.63, 3.8) is 0 Å². The first kappa shape index (κ1) is 10.6. The normalized spacial score (nSPS) is 15.3. The van der Waals surface area contributed by atoms with Crippen LogP contribution in [0.1, 0.15) is 17.3 Å². The maximum Gasteiger partial charge on any atom is 0.260 e. The molecule has 0 radical (unpaired) electrons. The molecule has 0 unspecified atom stereocenters. The quantitative estimate of drug-likeness (QED) is 0.731. The van der Waals surface area contributed by atoms with Crippen LogP contribution in [-0.2, 0) is 0 Å². The van der Waals surface area contributed by atoms with Crippen LogP contribution in [-0.4, -0.2) is 29.7 Å². The standard InChI is InChI=1S/C11H11IN2O/c1-8-13-6-7-14(8)11(15)9-4-2-3-5-10(9)12/h2-5H,6-7H2,1H3. The smallest absolute Gasteiger partial charge is 0.260 e. The van der Waals surface area contributed by atoms with Gasteiger partial charge in [0.2, 0.25) is 0 Å². The minimum absolute atomic E-state index is 0.0544. The highest BCUT2D eigenvalue weighted by Gasteiger charge is 2.22. The second-order valence-corrected chi connectivity index (χ2v) is 4.53. The lowest BCUT2D eigenvalue weighted by molar-refractivity contribution is 0.0856. The number of hydrogen-bond donors (Lipinski definition) is 0. The molecule has 0 fully saturated rings. The highest BCUT2D eigenvalue weighted by Crippen LogP contribution is 2.15. The average Bonchev–Trinajstić information content (AvgIpc) is 2.64. The lowest BCUT2D eigenvalue weighted by atomic mass is 10.2. The summed E-state index contributed by atoms with van der Waals surface area (Å²) < 4.78 is 0.986. The number of benzene rings is 1. The monoisotopic (exact) mass is 314 g/mol. The molecule has 15 heavy (non-hydrogen) atoms. The van der Waals surface area contributed by atoms with Gasteiger partial charge >= 0.3 is 0 Å². The summed E-state index contributed by atoms with van der Waals surface area (Å²) in [6.07, 6.45) is 0. The van der Waals surface area contributed by atoms with E-state index in [0.29, 0.717) is 6.54 Å². The molecule has 0 spiro atoms. The van der Waals surface area contributed by atoms with E-state index >= 15 is 0 Å². The summed E-state index contributed by atoms with van der Waals surface area (Å²) >= 11 is 2.18. The fourth-order valence-corrected chi connectivity index (χ4v) is 2.21. The van der Waals surface area contributed by atoms with Crippen LogP contribution in [0.4, 0.5) is 0 Å². The van der Waals surface area contributed by atoms with E-state index in [4.69, 9.17) is 0 Å². The second kappa shape index (κ2) is 4.30. The van der Waals surface area contributed by atoms with Crippen LogP contribution in [0.3, 0.4) is 0 Å². The Morgan fingerprint density at radius 1 is 1.47 bits per heavy atom. The van der Waals surface area contributed by atoms with Crippen molar-refractivity contribution >= 4 is 34.3 Å². The minimum Gasteiger partial charge on any atom is -0.295 e. The molecule has 1 aliphatic heterocycles. The van der Waals surface area contributed by atoms with Crippen LogP contribution in [0.25, 0.3) is 0 Å². The van der Waals surface area contributed by atoms with Gasteiger partial charge in [0.15, 0.2) is 0 Å². The van der Waals surface area contributed by atoms with E-state index in [-0.39, 0.29) is 5.91 Å². The molecule has 0 atom stereocenters. The first-order chi connectivity index (χ1) is 7.20. The van der Waals surface area contributed by atoms with Gasteiger partial charge in [-0.05, 0) is 41.6 Å². The Bertz CT molecular complexity index is 428. The predicted octanol–water partition coefficient (Wildman–Crippen LogP) is 2.17. The Morgan fingerprint density at radius 2 is 2.20 bits per heavy atom. The first-order valence-corrected chi connectivity index (χ1v) is 5.85. The molecule has 0 aromatic heterocycles. The van der Waals surface area contributed by atoms with Crippen LogP contribution in [0.5, 0.6) is 0 Å². The summed E-state index contributed by atoms with van der Waals surface area (Å²) in [5.74, 6) is 0.874. The van der Waals surface area contributed by atoms with E-state index in [1.165, 1.54) is 0 Å². The molecule has 0 aliphatic carbocycles. The molecule has 0 bridgehead atoms. The number of halogens is 1. The zero-order valence-corrected chi connectivity index (χ0v) is 10.6. The molecule has 1 aromatic carbocycles. The fourth-order valence-electron chi connectivity index (χ4n) is 1.59. The number of amides is 1. The van der Waals surface area contributed by atoms with Crippen molar-refractivity contribution in [3.8, 4) is 0 Å². The first-order valence-electron chi connectivity index (χ1n) is 4.77. The van der Waals surface area contributed by atoms with Gasteiger partial charge in [-0.3, -0.25) is 14.7 Å². The Labute approximate surface area is 102 Å². The Kier molecular flexibility index (Phi) is 3.04. The SMILES string of the molecule is CC1=NCCN1C(=O)c1ccccc1I. The van der Waals surface area contributed by atoms with Crippen molar-refractivity contribution in [1.29, 1.82) is 0 Å². The summed E-state index contributed by atoms with van der Waals surface area (Å²) in [6.45, 7) is 3.30. The molecule has 1 aliphatic rings. The van der Waals surface area contributed by atoms with Gasteiger partial charge in [-0.25, -0.2) is 0 Å². The molecule has 78 valence electrons. The maximum atomic E-state index is 12.1. The molecule has 0 N–H and O–H groups in total. The predicted molar refractivity (Wildman–Crippen MR) is 68.2 cm³/mol. The Hall–Kier alpha value is -0.910. The third-order valence-electron chi connectivity index (χ3n) is 2.40. The topological polar surface area (TPSA) is 32.7 Å². The van der Waals surface area contributed by atoms with Crippen molar-refractivity contribution in [3.05, 3.63) is 33.4 Å². The highest BCUT2D eigenvalue weighted by molar-refractivity contribution is 14.1. The molecule has 1 amide bonds. The molecular weight excluding hydrogens is 303 g/mol. The summed E-state index contributed by atoms with van der Waals surface area (Å²) in [7, 11) is 0. The summed E-state index contributed by atoms with van der Waals surface area (Å²) in [6, 6.07) is 7.62. The number of carbonyl (C=O) groups is 1. The van der Waals surface area contributed by atoms with Gasteiger partial charge in [0.1, 0.15) is 5.84 Å². The number of hydrogen-bond acceptors (Lipinski definition) is 2. The number of rotatable bonds is 1. The largest absolute Gasteiger partial charge is 0.295 e. The lowest BCUT2D eigenvalue weighted by Gasteiger charge is -2.16. The van der Waals surface area contributed by atoms with Crippen LogP contribution in [0.15, 0.2) is 29.3 Å². The van der Waals surface area contributed by atoms with E-state index in [2.05, 4.69) is 27.6 Å². The molecule has 4 heteroatoms. The lowest BCUT2D eigenvalue weighted by Crippen LogP contribution is -2.33. The molecule has 1 heterocycles. The Balaban J connectivity index is 2.29. The van der Waals surface area contributed by atoms with E-state index in [0.717, 1.165) is 21.5 Å². The van der Waals surface area contributed by atoms with E-state index in [1.807, 2.05) is 31.2 Å². The maximum absolute atomic E-state index is 12.1. The fraction of sp³-hybridized carbons (Fsp3) is 0.273. The molecule has 1 aromatic rings. The summed E-state index contributed by atoms with van der Waals surface area (Å²) in [5.41, 5.74) is 0.759. The number of amidine groups is 1. The highest BCUT2D eigenvalue weighted by atomic mass is 127. The molecule has 2 rings (SSSR count). The zero-order valence-electron chi connectivity index (χ0n) is 8.40. The van der Waals surface area contributed by atoms with Crippen molar-refractivity contribution in [2.75, 3.05) is 13.1 Å². The summed E-state index contributed by atoms with van der Waals surface area (Å²) in [5, 5.41) is 0. The van der Waals surface area contributed by atoms with Gasteiger partial charge in [0.05, 0.1) is 12.1 Å². The number of nitrogens with zero attached hydrogens (tertiary/aromatic N) is 2. The number of aliphatic imine (C=N–C) groups is 1. The molecule has 0 saturated carbocycles. The molecular formula is C11H11IN2O. The van der Waals surface area contributed by atoms with Gasteiger partial charge in [-0.2, -0.15) is 0 Å². The van der Waals surface area contributed by atoms with E-state index in [1.54, 1.807) is 4.90 Å². The van der Waals surface area contributed by atoms with Crippen LogP contribution < -0.4 is 0 Å². The zero-order chi connectivity index (χ0) is 10.8. The van der Waals surface area contributed by atoms with E-state index < -0.39 is 0 Å². The third-order valence-corrected chi connectivity index (χ3v) is 3.34. The van der Waals surface area contributed by atoms with Gasteiger partial charge in [-0.15, -0.1) is 0 Å².